The molecule has 2 aromatic carbocycles. The topological polar surface area (TPSA) is 150 Å². The van der Waals surface area contributed by atoms with E-state index in [-0.39, 0.29) is 23.6 Å². The van der Waals surface area contributed by atoms with E-state index in [1.807, 2.05) is 30.3 Å². The standard InChI is InChI=1S/C28H25N7O5/c1-17(36)30-20-7-8-23-21(16-20)31-26(39-23)19-9-10-29-22(15-19)27(37)35-13-11-34(12-14-35)24(18-5-3-2-4-6-18)25-32-28(38)40-33-25/h2-10,15-16,24H,11-14H2,1H3,(H,30,36)(H,32,33,38). The van der Waals surface area contributed by atoms with E-state index in [9.17, 15) is 14.4 Å². The Morgan fingerprint density at radius 3 is 2.55 bits per heavy atom. The van der Waals surface area contributed by atoms with Gasteiger partial charge in [0.1, 0.15) is 11.2 Å². The summed E-state index contributed by atoms with van der Waals surface area (Å²) in [4.78, 5) is 51.9. The van der Waals surface area contributed by atoms with Crippen LogP contribution in [-0.4, -0.2) is 67.9 Å². The molecule has 0 spiro atoms. The van der Waals surface area contributed by atoms with Crippen molar-refractivity contribution in [3.8, 4) is 11.5 Å². The molecular formula is C28H25N7O5. The lowest BCUT2D eigenvalue weighted by Crippen LogP contribution is -2.50. The molecule has 5 aromatic rings. The van der Waals surface area contributed by atoms with Gasteiger partial charge < -0.3 is 14.6 Å². The van der Waals surface area contributed by atoms with E-state index in [1.54, 1.807) is 41.4 Å². The van der Waals surface area contributed by atoms with Gasteiger partial charge in [-0.25, -0.2) is 9.78 Å². The normalized spacial score (nSPS) is 14.8. The average Bonchev–Trinajstić information content (AvgIpc) is 3.59. The molecule has 12 heteroatoms. The smallest absolute Gasteiger partial charge is 0.436 e. The second kappa shape index (κ2) is 10.6. The summed E-state index contributed by atoms with van der Waals surface area (Å²) in [5.74, 6) is -0.208. The van der Waals surface area contributed by atoms with E-state index < -0.39 is 5.76 Å². The molecule has 202 valence electrons. The molecule has 2 amide bonds. The van der Waals surface area contributed by atoms with Gasteiger partial charge in [0.25, 0.3) is 5.91 Å². The molecule has 40 heavy (non-hydrogen) atoms. The number of hydrogen-bond acceptors (Lipinski definition) is 9. The summed E-state index contributed by atoms with van der Waals surface area (Å²) >= 11 is 0. The van der Waals surface area contributed by atoms with Crippen LogP contribution in [0.2, 0.25) is 0 Å². The maximum absolute atomic E-state index is 13.4. The highest BCUT2D eigenvalue weighted by Gasteiger charge is 2.31. The minimum absolute atomic E-state index is 0.176. The molecule has 1 atom stereocenters. The molecule has 1 fully saturated rings. The number of fused-ring (bicyclic) bond motifs is 1. The summed E-state index contributed by atoms with van der Waals surface area (Å²) in [6.07, 6.45) is 1.56. The maximum Gasteiger partial charge on any atom is 0.438 e. The first kappa shape index (κ1) is 25.2. The summed E-state index contributed by atoms with van der Waals surface area (Å²) in [5, 5.41) is 6.66. The highest BCUT2D eigenvalue weighted by Crippen LogP contribution is 2.29. The average molecular weight is 540 g/mol. The van der Waals surface area contributed by atoms with Gasteiger partial charge in [-0.3, -0.25) is 29.0 Å². The minimum atomic E-state index is -0.609. The van der Waals surface area contributed by atoms with Crippen molar-refractivity contribution in [1.82, 2.24) is 29.9 Å². The van der Waals surface area contributed by atoms with Gasteiger partial charge >= 0.3 is 5.76 Å². The summed E-state index contributed by atoms with van der Waals surface area (Å²) in [7, 11) is 0. The molecule has 4 heterocycles. The molecule has 0 aliphatic carbocycles. The fraction of sp³-hybridized carbons (Fsp3) is 0.214. The van der Waals surface area contributed by atoms with E-state index in [2.05, 4.69) is 30.3 Å². The number of rotatable bonds is 6. The van der Waals surface area contributed by atoms with Crippen LogP contribution in [0.4, 0.5) is 5.69 Å². The molecule has 0 radical (unpaired) electrons. The van der Waals surface area contributed by atoms with Crippen LogP contribution in [0, 0.1) is 0 Å². The van der Waals surface area contributed by atoms with Crippen LogP contribution in [0.25, 0.3) is 22.6 Å². The van der Waals surface area contributed by atoms with E-state index in [4.69, 9.17) is 8.94 Å². The highest BCUT2D eigenvalue weighted by atomic mass is 16.5. The predicted octanol–water partition coefficient (Wildman–Crippen LogP) is 3.07. The molecule has 0 bridgehead atoms. The van der Waals surface area contributed by atoms with Gasteiger partial charge in [-0.1, -0.05) is 35.5 Å². The molecule has 6 rings (SSSR count). The number of H-pyrrole nitrogens is 1. The van der Waals surface area contributed by atoms with Crippen LogP contribution in [0.5, 0.6) is 0 Å². The van der Waals surface area contributed by atoms with Gasteiger partial charge in [0.05, 0.1) is 6.04 Å². The Hall–Kier alpha value is -5.10. The Bertz CT molecular complexity index is 1730. The van der Waals surface area contributed by atoms with Gasteiger partial charge in [-0.05, 0) is 35.9 Å². The van der Waals surface area contributed by atoms with Crippen molar-refractivity contribution in [3.05, 3.63) is 94.5 Å². The monoisotopic (exact) mass is 539 g/mol. The first-order valence-corrected chi connectivity index (χ1v) is 12.7. The Kier molecular flexibility index (Phi) is 6.66. The maximum atomic E-state index is 13.4. The number of amides is 2. The van der Waals surface area contributed by atoms with Crippen LogP contribution < -0.4 is 11.1 Å². The number of hydrogen-bond donors (Lipinski definition) is 2. The van der Waals surface area contributed by atoms with E-state index in [0.29, 0.717) is 60.2 Å². The van der Waals surface area contributed by atoms with E-state index >= 15 is 0 Å². The predicted molar refractivity (Wildman–Crippen MR) is 144 cm³/mol. The number of nitrogens with zero attached hydrogens (tertiary/aromatic N) is 5. The number of aromatic amines is 1. The zero-order valence-corrected chi connectivity index (χ0v) is 21.5. The molecule has 1 aliphatic rings. The summed E-state index contributed by atoms with van der Waals surface area (Å²) in [6.45, 7) is 3.48. The second-order valence-electron chi connectivity index (χ2n) is 9.43. The molecule has 1 unspecified atom stereocenters. The van der Waals surface area contributed by atoms with Crippen LogP contribution >= 0.6 is 0 Å². The van der Waals surface area contributed by atoms with Crippen molar-refractivity contribution >= 4 is 28.6 Å². The molecule has 3 aromatic heterocycles. The van der Waals surface area contributed by atoms with Crippen molar-refractivity contribution < 1.29 is 18.5 Å². The van der Waals surface area contributed by atoms with Gasteiger partial charge in [-0.2, -0.15) is 0 Å². The molecule has 12 nitrogen and oxygen atoms in total. The molecule has 1 saturated heterocycles. The van der Waals surface area contributed by atoms with Gasteiger partial charge in [0, 0.05) is 50.6 Å². The number of aromatic nitrogens is 4. The number of carbonyl (C=O) groups excluding carboxylic acids is 2. The first-order valence-electron chi connectivity index (χ1n) is 12.7. The fourth-order valence-electron chi connectivity index (χ4n) is 4.89. The van der Waals surface area contributed by atoms with Crippen LogP contribution in [0.15, 0.2) is 80.6 Å². The minimum Gasteiger partial charge on any atom is -0.436 e. The summed E-state index contributed by atoms with van der Waals surface area (Å²) in [5.41, 5.74) is 3.63. The number of nitrogens with one attached hydrogen (secondary N) is 2. The number of piperazine rings is 1. The third kappa shape index (κ3) is 5.12. The van der Waals surface area contributed by atoms with Crippen LogP contribution in [0.3, 0.4) is 0 Å². The fourth-order valence-corrected chi connectivity index (χ4v) is 4.89. The quantitative estimate of drug-likeness (QED) is 0.332. The Morgan fingerprint density at radius 1 is 1.02 bits per heavy atom. The number of benzene rings is 2. The van der Waals surface area contributed by atoms with Gasteiger partial charge in [0.2, 0.25) is 11.8 Å². The van der Waals surface area contributed by atoms with Gasteiger partial charge in [-0.15, -0.1) is 0 Å². The summed E-state index contributed by atoms with van der Waals surface area (Å²) in [6, 6.07) is 18.0. The third-order valence-electron chi connectivity index (χ3n) is 6.73. The third-order valence-corrected chi connectivity index (χ3v) is 6.73. The number of anilines is 1. The Balaban J connectivity index is 1.18. The second-order valence-corrected chi connectivity index (χ2v) is 9.43. The Morgan fingerprint density at radius 2 is 1.82 bits per heavy atom. The lowest BCUT2D eigenvalue weighted by molar-refractivity contribution is -0.114. The van der Waals surface area contributed by atoms with E-state index in [0.717, 1.165) is 5.56 Å². The van der Waals surface area contributed by atoms with Crippen molar-refractivity contribution in [2.75, 3.05) is 31.5 Å². The van der Waals surface area contributed by atoms with Gasteiger partial charge in [0.15, 0.2) is 11.4 Å². The van der Waals surface area contributed by atoms with E-state index in [1.165, 1.54) is 6.92 Å². The van der Waals surface area contributed by atoms with Crippen molar-refractivity contribution in [2.24, 2.45) is 0 Å². The number of pyridine rings is 1. The van der Waals surface area contributed by atoms with Crippen molar-refractivity contribution in [1.29, 1.82) is 0 Å². The lowest BCUT2D eigenvalue weighted by atomic mass is 10.0. The van der Waals surface area contributed by atoms with Crippen LogP contribution in [-0.2, 0) is 4.79 Å². The Labute approximate surface area is 227 Å². The molecule has 2 N–H and O–H groups in total. The summed E-state index contributed by atoms with van der Waals surface area (Å²) < 4.78 is 10.7. The zero-order valence-electron chi connectivity index (χ0n) is 21.5. The molecule has 0 saturated carbocycles. The molecule has 1 aliphatic heterocycles. The SMILES string of the molecule is CC(=O)Nc1ccc2oc(-c3ccnc(C(=O)N4CCN(C(c5ccccc5)c5noc(=O)[nH]5)CC4)c3)nc2c1. The number of oxazole rings is 1. The molecular weight excluding hydrogens is 514 g/mol. The first-order chi connectivity index (χ1) is 19.4. The van der Waals surface area contributed by atoms with Crippen molar-refractivity contribution in [3.63, 3.8) is 0 Å². The van der Waals surface area contributed by atoms with Crippen LogP contribution in [0.1, 0.15) is 34.8 Å². The largest absolute Gasteiger partial charge is 0.438 e. The highest BCUT2D eigenvalue weighted by molar-refractivity contribution is 5.94. The lowest BCUT2D eigenvalue weighted by Gasteiger charge is -2.38. The van der Waals surface area contributed by atoms with Crippen molar-refractivity contribution in [2.45, 2.75) is 13.0 Å². The number of carbonyl (C=O) groups is 2. The zero-order chi connectivity index (χ0) is 27.6.